The van der Waals surface area contributed by atoms with E-state index in [1.807, 2.05) is 49.5 Å². The summed E-state index contributed by atoms with van der Waals surface area (Å²) in [6.45, 7) is 2.96. The van der Waals surface area contributed by atoms with Crippen LogP contribution in [0.25, 0.3) is 0 Å². The van der Waals surface area contributed by atoms with Gasteiger partial charge in [0.25, 0.3) is 5.91 Å². The zero-order valence-corrected chi connectivity index (χ0v) is 12.6. The van der Waals surface area contributed by atoms with E-state index < -0.39 is 0 Å². The summed E-state index contributed by atoms with van der Waals surface area (Å²) in [5.41, 5.74) is 3.88. The molecule has 0 aromatic heterocycles. The van der Waals surface area contributed by atoms with E-state index in [1.54, 1.807) is 0 Å². The van der Waals surface area contributed by atoms with Gasteiger partial charge in [-0.05, 0) is 55.8 Å². The van der Waals surface area contributed by atoms with Crippen LogP contribution < -0.4 is 10.6 Å². The fourth-order valence-electron chi connectivity index (χ4n) is 2.29. The molecule has 3 nitrogen and oxygen atoms in total. The summed E-state index contributed by atoms with van der Waals surface area (Å²) < 4.78 is 0. The van der Waals surface area contributed by atoms with Gasteiger partial charge in [-0.15, -0.1) is 0 Å². The Bertz CT molecular complexity index is 608. The van der Waals surface area contributed by atoms with Crippen LogP contribution in [0.1, 0.15) is 28.4 Å². The van der Waals surface area contributed by atoms with Crippen LogP contribution in [0.2, 0.25) is 0 Å². The number of aryl methyl sites for hydroxylation is 1. The minimum absolute atomic E-state index is 0.0463. The van der Waals surface area contributed by atoms with E-state index in [9.17, 15) is 4.79 Å². The first-order valence-corrected chi connectivity index (χ1v) is 7.37. The van der Waals surface area contributed by atoms with E-state index in [4.69, 9.17) is 0 Å². The molecule has 2 aromatic rings. The third-order valence-electron chi connectivity index (χ3n) is 3.50. The van der Waals surface area contributed by atoms with Crippen molar-refractivity contribution in [2.24, 2.45) is 0 Å². The standard InChI is InChI=1S/C18H22N2O/c1-3-14-7-6-9-16(13-14)20-18(21)17-10-5-4-8-15(17)11-12-19-2/h4-10,13,19H,3,11-12H2,1-2H3,(H,20,21). The Labute approximate surface area is 126 Å². The second-order valence-corrected chi connectivity index (χ2v) is 5.02. The van der Waals surface area contributed by atoms with E-state index in [0.29, 0.717) is 0 Å². The highest BCUT2D eigenvalue weighted by atomic mass is 16.1. The fourth-order valence-corrected chi connectivity index (χ4v) is 2.29. The van der Waals surface area contributed by atoms with Gasteiger partial charge in [0.2, 0.25) is 0 Å². The second-order valence-electron chi connectivity index (χ2n) is 5.02. The van der Waals surface area contributed by atoms with Crippen LogP contribution in [0.3, 0.4) is 0 Å². The minimum atomic E-state index is -0.0463. The van der Waals surface area contributed by atoms with E-state index in [-0.39, 0.29) is 5.91 Å². The topological polar surface area (TPSA) is 41.1 Å². The molecule has 0 spiro atoms. The summed E-state index contributed by atoms with van der Waals surface area (Å²) in [5, 5.41) is 6.11. The van der Waals surface area contributed by atoms with Crippen molar-refractivity contribution in [1.82, 2.24) is 5.32 Å². The number of hydrogen-bond acceptors (Lipinski definition) is 2. The number of anilines is 1. The highest BCUT2D eigenvalue weighted by Gasteiger charge is 2.10. The van der Waals surface area contributed by atoms with Gasteiger partial charge in [0, 0.05) is 11.3 Å². The normalized spacial score (nSPS) is 10.4. The van der Waals surface area contributed by atoms with Crippen LogP contribution in [0.5, 0.6) is 0 Å². The summed E-state index contributed by atoms with van der Waals surface area (Å²) in [5.74, 6) is -0.0463. The average molecular weight is 282 g/mol. The number of benzene rings is 2. The third-order valence-corrected chi connectivity index (χ3v) is 3.50. The van der Waals surface area contributed by atoms with Crippen LogP contribution in [0, 0.1) is 0 Å². The van der Waals surface area contributed by atoms with E-state index >= 15 is 0 Å². The molecule has 0 heterocycles. The molecule has 0 fully saturated rings. The lowest BCUT2D eigenvalue weighted by molar-refractivity contribution is 0.102. The maximum Gasteiger partial charge on any atom is 0.255 e. The molecule has 0 unspecified atom stereocenters. The lowest BCUT2D eigenvalue weighted by atomic mass is 10.0. The Balaban J connectivity index is 2.16. The first kappa shape index (κ1) is 15.3. The van der Waals surface area contributed by atoms with Crippen molar-refractivity contribution in [2.75, 3.05) is 18.9 Å². The fraction of sp³-hybridized carbons (Fsp3) is 0.278. The predicted molar refractivity (Wildman–Crippen MR) is 87.8 cm³/mol. The van der Waals surface area contributed by atoms with Gasteiger partial charge in [0.05, 0.1) is 0 Å². The molecule has 0 aliphatic rings. The third kappa shape index (κ3) is 4.17. The Morgan fingerprint density at radius 1 is 1.10 bits per heavy atom. The smallest absolute Gasteiger partial charge is 0.255 e. The number of amides is 1. The van der Waals surface area contributed by atoms with Gasteiger partial charge in [-0.2, -0.15) is 0 Å². The number of hydrogen-bond donors (Lipinski definition) is 2. The van der Waals surface area contributed by atoms with E-state index in [0.717, 1.165) is 36.2 Å². The van der Waals surface area contributed by atoms with Crippen molar-refractivity contribution in [3.05, 3.63) is 65.2 Å². The van der Waals surface area contributed by atoms with Gasteiger partial charge >= 0.3 is 0 Å². The summed E-state index contributed by atoms with van der Waals surface area (Å²) in [7, 11) is 1.92. The molecule has 0 bridgehead atoms. The Morgan fingerprint density at radius 3 is 2.67 bits per heavy atom. The molecular formula is C18H22N2O. The predicted octanol–water partition coefficient (Wildman–Crippen LogP) is 3.26. The van der Waals surface area contributed by atoms with Crippen molar-refractivity contribution in [2.45, 2.75) is 19.8 Å². The summed E-state index contributed by atoms with van der Waals surface area (Å²) in [6.07, 6.45) is 1.80. The Morgan fingerprint density at radius 2 is 1.90 bits per heavy atom. The second kappa shape index (κ2) is 7.60. The largest absolute Gasteiger partial charge is 0.322 e. The number of carbonyl (C=O) groups excluding carboxylic acids is 1. The molecule has 2 N–H and O–H groups in total. The first-order valence-electron chi connectivity index (χ1n) is 7.37. The van der Waals surface area contributed by atoms with Crippen molar-refractivity contribution in [3.8, 4) is 0 Å². The van der Waals surface area contributed by atoms with Gasteiger partial charge in [0.1, 0.15) is 0 Å². The molecule has 2 aromatic carbocycles. The lowest BCUT2D eigenvalue weighted by Crippen LogP contribution is -2.17. The molecule has 110 valence electrons. The summed E-state index contributed by atoms with van der Waals surface area (Å²) in [6, 6.07) is 15.7. The van der Waals surface area contributed by atoms with Gasteiger partial charge in [-0.3, -0.25) is 4.79 Å². The van der Waals surface area contributed by atoms with Crippen molar-refractivity contribution < 1.29 is 4.79 Å². The molecule has 0 radical (unpaired) electrons. The van der Waals surface area contributed by atoms with Gasteiger partial charge in [-0.1, -0.05) is 37.3 Å². The maximum atomic E-state index is 12.5. The van der Waals surface area contributed by atoms with Crippen LogP contribution in [0.15, 0.2) is 48.5 Å². The van der Waals surface area contributed by atoms with Crippen LogP contribution >= 0.6 is 0 Å². The molecule has 21 heavy (non-hydrogen) atoms. The maximum absolute atomic E-state index is 12.5. The molecule has 1 amide bonds. The number of carbonyl (C=O) groups is 1. The van der Waals surface area contributed by atoms with Crippen molar-refractivity contribution in [3.63, 3.8) is 0 Å². The summed E-state index contributed by atoms with van der Waals surface area (Å²) >= 11 is 0. The minimum Gasteiger partial charge on any atom is -0.322 e. The molecule has 2 rings (SSSR count). The highest BCUT2D eigenvalue weighted by molar-refractivity contribution is 6.05. The monoisotopic (exact) mass is 282 g/mol. The van der Waals surface area contributed by atoms with Gasteiger partial charge < -0.3 is 10.6 Å². The van der Waals surface area contributed by atoms with Crippen molar-refractivity contribution >= 4 is 11.6 Å². The molecule has 3 heteroatoms. The van der Waals surface area contributed by atoms with Crippen LogP contribution in [-0.2, 0) is 12.8 Å². The summed E-state index contributed by atoms with van der Waals surface area (Å²) in [4.78, 5) is 12.5. The lowest BCUT2D eigenvalue weighted by Gasteiger charge is -2.11. The zero-order valence-electron chi connectivity index (χ0n) is 12.6. The number of likely N-dealkylation sites (N-methyl/N-ethyl adjacent to an activating group) is 1. The van der Waals surface area contributed by atoms with Gasteiger partial charge in [0.15, 0.2) is 0 Å². The molecule has 0 aliphatic heterocycles. The highest BCUT2D eigenvalue weighted by Crippen LogP contribution is 2.15. The molecule has 0 aliphatic carbocycles. The number of nitrogens with one attached hydrogen (secondary N) is 2. The van der Waals surface area contributed by atoms with Crippen molar-refractivity contribution in [1.29, 1.82) is 0 Å². The van der Waals surface area contributed by atoms with E-state index in [1.165, 1.54) is 5.56 Å². The first-order chi connectivity index (χ1) is 10.2. The molecule has 0 saturated heterocycles. The molecule has 0 saturated carbocycles. The van der Waals surface area contributed by atoms with Gasteiger partial charge in [-0.25, -0.2) is 0 Å². The average Bonchev–Trinajstić information content (AvgIpc) is 2.53. The Kier molecular flexibility index (Phi) is 5.52. The van der Waals surface area contributed by atoms with E-state index in [2.05, 4.69) is 23.6 Å². The number of rotatable bonds is 6. The molecular weight excluding hydrogens is 260 g/mol. The van der Waals surface area contributed by atoms with Crippen LogP contribution in [-0.4, -0.2) is 19.5 Å². The van der Waals surface area contributed by atoms with Crippen LogP contribution in [0.4, 0.5) is 5.69 Å². The zero-order chi connectivity index (χ0) is 15.1. The quantitative estimate of drug-likeness (QED) is 0.854. The SMILES string of the molecule is CCc1cccc(NC(=O)c2ccccc2CCNC)c1. The molecule has 0 atom stereocenters. The Hall–Kier alpha value is -2.13.